The first kappa shape index (κ1) is 21.0. The fourth-order valence-electron chi connectivity index (χ4n) is 6.32. The van der Waals surface area contributed by atoms with Gasteiger partial charge >= 0.3 is 0 Å². The van der Waals surface area contributed by atoms with Gasteiger partial charge in [-0.1, -0.05) is 73.7 Å². The van der Waals surface area contributed by atoms with Crippen LogP contribution in [0.15, 0.2) is 91.0 Å². The second kappa shape index (κ2) is 7.60. The Morgan fingerprint density at radius 1 is 0.833 bits per heavy atom. The largest absolute Gasteiger partial charge is 0.316 e. The van der Waals surface area contributed by atoms with Gasteiger partial charge in [0.2, 0.25) is 0 Å². The SMILES string of the molecule is CC1CC=Cc2c1n(C1=CC(n3c4ccccc4c4ccccc43)=C[C@@](C)(C#N)C1)c1ccccc21. The Bertz CT molecular complexity index is 1780. The minimum absolute atomic E-state index is 0.411. The number of para-hydroxylation sites is 3. The van der Waals surface area contributed by atoms with Crippen molar-refractivity contribution in [1.29, 1.82) is 5.26 Å². The van der Waals surface area contributed by atoms with Crippen molar-refractivity contribution in [1.82, 2.24) is 9.13 Å². The van der Waals surface area contributed by atoms with Crippen LogP contribution in [0.1, 0.15) is 43.9 Å². The van der Waals surface area contributed by atoms with Crippen LogP contribution >= 0.6 is 0 Å². The number of nitrogens with zero attached hydrogens (tertiary/aromatic N) is 3. The highest BCUT2D eigenvalue weighted by molar-refractivity contribution is 6.10. The quantitative estimate of drug-likeness (QED) is 0.257. The average Bonchev–Trinajstić information content (AvgIpc) is 3.43. The highest BCUT2D eigenvalue weighted by Gasteiger charge is 2.32. The van der Waals surface area contributed by atoms with Gasteiger partial charge in [-0.25, -0.2) is 0 Å². The van der Waals surface area contributed by atoms with Crippen molar-refractivity contribution in [2.75, 3.05) is 0 Å². The van der Waals surface area contributed by atoms with E-state index < -0.39 is 5.41 Å². The van der Waals surface area contributed by atoms with E-state index in [0.717, 1.165) is 12.1 Å². The minimum Gasteiger partial charge on any atom is -0.316 e. The predicted molar refractivity (Wildman–Crippen MR) is 150 cm³/mol. The summed E-state index contributed by atoms with van der Waals surface area (Å²) < 4.78 is 4.79. The number of aromatic nitrogens is 2. The second-order valence-corrected chi connectivity index (χ2v) is 10.5. The van der Waals surface area contributed by atoms with Gasteiger partial charge in [0.25, 0.3) is 0 Å². The van der Waals surface area contributed by atoms with Gasteiger partial charge in [0.1, 0.15) is 0 Å². The lowest BCUT2D eigenvalue weighted by Crippen LogP contribution is -2.20. The van der Waals surface area contributed by atoms with Crippen molar-refractivity contribution in [3.63, 3.8) is 0 Å². The summed E-state index contributed by atoms with van der Waals surface area (Å²) in [5, 5.41) is 14.1. The number of hydrogen-bond acceptors (Lipinski definition) is 1. The van der Waals surface area contributed by atoms with E-state index in [1.807, 2.05) is 0 Å². The maximum absolute atomic E-state index is 10.4. The Labute approximate surface area is 210 Å². The summed E-state index contributed by atoms with van der Waals surface area (Å²) in [6.07, 6.45) is 10.8. The molecule has 0 amide bonds. The number of hydrogen-bond donors (Lipinski definition) is 0. The molecule has 0 bridgehead atoms. The van der Waals surface area contributed by atoms with Crippen LogP contribution in [0.3, 0.4) is 0 Å². The predicted octanol–water partition coefficient (Wildman–Crippen LogP) is 8.59. The van der Waals surface area contributed by atoms with E-state index in [0.29, 0.717) is 12.3 Å². The zero-order valence-electron chi connectivity index (χ0n) is 20.6. The molecule has 0 radical (unpaired) electrons. The van der Waals surface area contributed by atoms with Gasteiger partial charge in [-0.2, -0.15) is 5.26 Å². The second-order valence-electron chi connectivity index (χ2n) is 10.5. The number of benzene rings is 3. The maximum Gasteiger partial charge on any atom is 0.0802 e. The third-order valence-electron chi connectivity index (χ3n) is 7.90. The fraction of sp³-hybridized carbons (Fsp3) is 0.182. The van der Waals surface area contributed by atoms with Gasteiger partial charge in [0.15, 0.2) is 0 Å². The molecular formula is C33H27N3. The first-order valence-electron chi connectivity index (χ1n) is 12.7. The Hall–Kier alpha value is -4.29. The van der Waals surface area contributed by atoms with Crippen molar-refractivity contribution in [3.8, 4) is 6.07 Å². The molecule has 0 spiro atoms. The van der Waals surface area contributed by atoms with E-state index in [4.69, 9.17) is 0 Å². The van der Waals surface area contributed by atoms with Crippen LogP contribution < -0.4 is 0 Å². The molecule has 2 aliphatic carbocycles. The lowest BCUT2D eigenvalue weighted by Gasteiger charge is -2.30. The van der Waals surface area contributed by atoms with E-state index >= 15 is 0 Å². The summed E-state index contributed by atoms with van der Waals surface area (Å²) in [6.45, 7) is 4.38. The number of fused-ring (bicyclic) bond motifs is 6. The lowest BCUT2D eigenvalue weighted by atomic mass is 9.82. The van der Waals surface area contributed by atoms with Crippen LogP contribution in [0.4, 0.5) is 0 Å². The van der Waals surface area contributed by atoms with Crippen molar-refractivity contribution < 1.29 is 0 Å². The summed E-state index contributed by atoms with van der Waals surface area (Å²) in [5.74, 6) is 0.411. The zero-order chi connectivity index (χ0) is 24.4. The highest BCUT2D eigenvalue weighted by atomic mass is 15.0. The molecule has 0 N–H and O–H groups in total. The Morgan fingerprint density at radius 2 is 1.42 bits per heavy atom. The van der Waals surface area contributed by atoms with Gasteiger partial charge in [-0.05, 0) is 43.7 Å². The molecule has 0 saturated heterocycles. The van der Waals surface area contributed by atoms with Crippen LogP contribution in [0.25, 0.3) is 50.2 Å². The highest BCUT2D eigenvalue weighted by Crippen LogP contribution is 2.45. The molecular weight excluding hydrogens is 438 g/mol. The standard InChI is InChI=1S/C33H27N3/c1-22-10-9-14-28-27-13-5-8-17-31(27)36(32(22)28)24-18-23(19-33(2,20-24)21-34)35-29-15-6-3-11-25(29)26-12-4-7-16-30(26)35/h3-9,11-19,22H,10,20H2,1-2H3/t22?,33-/m1/s1. The topological polar surface area (TPSA) is 33.6 Å². The summed E-state index contributed by atoms with van der Waals surface area (Å²) in [7, 11) is 0. The molecule has 0 fully saturated rings. The Balaban J connectivity index is 1.55. The van der Waals surface area contributed by atoms with Crippen molar-refractivity contribution in [3.05, 3.63) is 102 Å². The molecule has 0 saturated carbocycles. The van der Waals surface area contributed by atoms with Crippen molar-refractivity contribution in [2.24, 2.45) is 5.41 Å². The lowest BCUT2D eigenvalue weighted by molar-refractivity contribution is 0.567. The van der Waals surface area contributed by atoms with Crippen molar-refractivity contribution >= 4 is 50.2 Å². The maximum atomic E-state index is 10.4. The van der Waals surface area contributed by atoms with Crippen molar-refractivity contribution in [2.45, 2.75) is 32.6 Å². The molecule has 2 heterocycles. The zero-order valence-corrected chi connectivity index (χ0v) is 20.6. The van der Waals surface area contributed by atoms with Crippen LogP contribution in [0, 0.1) is 16.7 Å². The number of rotatable bonds is 2. The molecule has 2 atom stereocenters. The summed E-state index contributed by atoms with van der Waals surface area (Å²) >= 11 is 0. The minimum atomic E-state index is -0.613. The Kier molecular flexibility index (Phi) is 4.44. The van der Waals surface area contributed by atoms with E-state index in [2.05, 4.69) is 126 Å². The number of allylic oxidation sites excluding steroid dienone is 5. The monoisotopic (exact) mass is 465 g/mol. The molecule has 5 aromatic rings. The van der Waals surface area contributed by atoms with Crippen LogP contribution in [-0.2, 0) is 0 Å². The van der Waals surface area contributed by atoms with E-state index in [1.54, 1.807) is 0 Å². The molecule has 3 nitrogen and oxygen atoms in total. The first-order valence-corrected chi connectivity index (χ1v) is 12.7. The van der Waals surface area contributed by atoms with E-state index in [-0.39, 0.29) is 0 Å². The molecule has 3 aromatic carbocycles. The number of nitriles is 1. The molecule has 174 valence electrons. The third kappa shape index (κ3) is 2.91. The normalized spacial score (nSPS) is 21.4. The smallest absolute Gasteiger partial charge is 0.0802 e. The molecule has 7 rings (SSSR count). The van der Waals surface area contributed by atoms with Crippen LogP contribution in [0.2, 0.25) is 0 Å². The van der Waals surface area contributed by atoms with Gasteiger partial charge in [-0.3, -0.25) is 0 Å². The summed E-state index contributed by atoms with van der Waals surface area (Å²) in [5.41, 5.74) is 7.84. The molecule has 3 heteroatoms. The molecule has 1 unspecified atom stereocenters. The molecule has 0 aliphatic heterocycles. The van der Waals surface area contributed by atoms with Gasteiger partial charge in [-0.15, -0.1) is 0 Å². The van der Waals surface area contributed by atoms with Gasteiger partial charge in [0, 0.05) is 51.1 Å². The molecule has 36 heavy (non-hydrogen) atoms. The summed E-state index contributed by atoms with van der Waals surface area (Å²) in [6, 6.07) is 28.5. The van der Waals surface area contributed by atoms with E-state index in [1.165, 1.54) is 49.7 Å². The third-order valence-corrected chi connectivity index (χ3v) is 7.90. The van der Waals surface area contributed by atoms with Crippen LogP contribution in [0.5, 0.6) is 0 Å². The average molecular weight is 466 g/mol. The van der Waals surface area contributed by atoms with Gasteiger partial charge < -0.3 is 9.13 Å². The molecule has 2 aliphatic rings. The Morgan fingerprint density at radius 3 is 2.06 bits per heavy atom. The summed E-state index contributed by atoms with van der Waals surface area (Å²) in [4.78, 5) is 0. The van der Waals surface area contributed by atoms with E-state index in [9.17, 15) is 5.26 Å². The van der Waals surface area contributed by atoms with Crippen LogP contribution in [-0.4, -0.2) is 9.13 Å². The molecule has 2 aromatic heterocycles. The first-order chi connectivity index (χ1) is 17.6. The van der Waals surface area contributed by atoms with Gasteiger partial charge in [0.05, 0.1) is 28.0 Å². The fourth-order valence-corrected chi connectivity index (χ4v) is 6.32.